The largest absolute Gasteiger partial charge is 0.367 e. The summed E-state index contributed by atoms with van der Waals surface area (Å²) in [5.41, 5.74) is 2.75. The Morgan fingerprint density at radius 2 is 1.81 bits per heavy atom. The fourth-order valence-electron chi connectivity index (χ4n) is 3.94. The second kappa shape index (κ2) is 8.57. The number of hydrogen-bond donors (Lipinski definition) is 3. The Kier molecular flexibility index (Phi) is 5.97. The van der Waals surface area contributed by atoms with E-state index in [2.05, 4.69) is 31.1 Å². The number of primary sulfonamides is 1. The van der Waals surface area contributed by atoms with E-state index in [0.29, 0.717) is 37.3 Å². The van der Waals surface area contributed by atoms with Gasteiger partial charge in [-0.1, -0.05) is 0 Å². The van der Waals surface area contributed by atoms with Gasteiger partial charge in [0, 0.05) is 60.5 Å². The van der Waals surface area contributed by atoms with E-state index >= 15 is 0 Å². The van der Waals surface area contributed by atoms with Crippen molar-refractivity contribution in [2.75, 3.05) is 38.1 Å². The van der Waals surface area contributed by atoms with Crippen molar-refractivity contribution in [3.8, 4) is 0 Å². The van der Waals surface area contributed by atoms with E-state index in [1.165, 1.54) is 18.2 Å². The number of piperazine rings is 1. The quantitative estimate of drug-likeness (QED) is 0.484. The lowest BCUT2D eigenvalue weighted by molar-refractivity contribution is 0.0746. The molecule has 2 aromatic carbocycles. The highest BCUT2D eigenvalue weighted by molar-refractivity contribution is 9.10. The standard InChI is InChI=1S/C21H22BrN5O4S/c1-24-20(28)15-3-4-17(14-6-7-25-19(14)15)26-8-10-27(11-9-26)21(29)13-2-5-18(16(22)12-13)32(23,30)31/h2-7,12,25H,8-11H2,1H3,(H,24,28)(H2,23,30,31). The highest BCUT2D eigenvalue weighted by Gasteiger charge is 2.25. The molecule has 1 saturated heterocycles. The summed E-state index contributed by atoms with van der Waals surface area (Å²) in [5, 5.41) is 8.78. The number of hydrogen-bond acceptors (Lipinski definition) is 5. The average molecular weight is 520 g/mol. The number of aromatic nitrogens is 1. The van der Waals surface area contributed by atoms with Crippen LogP contribution in [-0.2, 0) is 10.0 Å². The van der Waals surface area contributed by atoms with Gasteiger partial charge >= 0.3 is 0 Å². The lowest BCUT2D eigenvalue weighted by atomic mass is 10.1. The summed E-state index contributed by atoms with van der Waals surface area (Å²) < 4.78 is 23.4. The number of rotatable bonds is 4. The van der Waals surface area contributed by atoms with E-state index in [1.807, 2.05) is 18.3 Å². The lowest BCUT2D eigenvalue weighted by Crippen LogP contribution is -2.48. The molecule has 0 saturated carbocycles. The van der Waals surface area contributed by atoms with Crippen LogP contribution in [0.3, 0.4) is 0 Å². The first-order valence-corrected chi connectivity index (χ1v) is 12.2. The molecule has 3 aromatic rings. The molecule has 0 atom stereocenters. The van der Waals surface area contributed by atoms with Gasteiger partial charge in [0.05, 0.1) is 16.0 Å². The number of halogens is 1. The maximum atomic E-state index is 12.9. The van der Waals surface area contributed by atoms with Gasteiger partial charge in [0.25, 0.3) is 11.8 Å². The van der Waals surface area contributed by atoms with Crippen LogP contribution in [0.25, 0.3) is 10.9 Å². The Bertz CT molecular complexity index is 1310. The van der Waals surface area contributed by atoms with E-state index in [1.54, 1.807) is 18.0 Å². The first kappa shape index (κ1) is 22.3. The summed E-state index contributed by atoms with van der Waals surface area (Å²) in [4.78, 5) is 32.1. The zero-order valence-electron chi connectivity index (χ0n) is 17.3. The predicted molar refractivity (Wildman–Crippen MR) is 125 cm³/mol. The smallest absolute Gasteiger partial charge is 0.254 e. The molecule has 1 aliphatic rings. The highest BCUT2D eigenvalue weighted by atomic mass is 79.9. The molecule has 1 aliphatic heterocycles. The number of carbonyl (C=O) groups is 2. The van der Waals surface area contributed by atoms with E-state index in [4.69, 9.17) is 5.14 Å². The minimum Gasteiger partial charge on any atom is -0.367 e. The number of amides is 2. The van der Waals surface area contributed by atoms with Crippen LogP contribution in [0.4, 0.5) is 5.69 Å². The van der Waals surface area contributed by atoms with E-state index < -0.39 is 10.0 Å². The molecule has 0 spiro atoms. The number of H-pyrrole nitrogens is 1. The summed E-state index contributed by atoms with van der Waals surface area (Å²) in [6.45, 7) is 2.27. The molecular weight excluding hydrogens is 498 g/mol. The van der Waals surface area contributed by atoms with Gasteiger partial charge in [-0.2, -0.15) is 0 Å². The van der Waals surface area contributed by atoms with Gasteiger partial charge in [0.15, 0.2) is 0 Å². The molecule has 2 amide bonds. The van der Waals surface area contributed by atoms with Crippen LogP contribution in [0.15, 0.2) is 52.0 Å². The van der Waals surface area contributed by atoms with Crippen LogP contribution in [-0.4, -0.2) is 63.3 Å². The second-order valence-electron chi connectivity index (χ2n) is 7.45. The highest BCUT2D eigenvalue weighted by Crippen LogP contribution is 2.30. The van der Waals surface area contributed by atoms with Crippen molar-refractivity contribution in [2.45, 2.75) is 4.90 Å². The zero-order valence-corrected chi connectivity index (χ0v) is 19.7. The number of nitrogens with zero attached hydrogens (tertiary/aromatic N) is 2. The fourth-order valence-corrected chi connectivity index (χ4v) is 5.58. The molecule has 1 aromatic heterocycles. The molecule has 2 heterocycles. The maximum absolute atomic E-state index is 12.9. The van der Waals surface area contributed by atoms with Crippen LogP contribution >= 0.6 is 15.9 Å². The third-order valence-corrected chi connectivity index (χ3v) is 7.45. The van der Waals surface area contributed by atoms with Gasteiger partial charge in [-0.05, 0) is 52.3 Å². The molecule has 168 valence electrons. The summed E-state index contributed by atoms with van der Waals surface area (Å²) in [6, 6.07) is 9.96. The van der Waals surface area contributed by atoms with Crippen molar-refractivity contribution in [2.24, 2.45) is 5.14 Å². The minimum atomic E-state index is -3.87. The van der Waals surface area contributed by atoms with Crippen LogP contribution < -0.4 is 15.4 Å². The van der Waals surface area contributed by atoms with Gasteiger partial charge in [-0.25, -0.2) is 13.6 Å². The molecule has 0 radical (unpaired) electrons. The van der Waals surface area contributed by atoms with Crippen molar-refractivity contribution >= 4 is 54.4 Å². The van der Waals surface area contributed by atoms with E-state index in [-0.39, 0.29) is 21.2 Å². The monoisotopic (exact) mass is 519 g/mol. The van der Waals surface area contributed by atoms with Crippen LogP contribution in [0.2, 0.25) is 0 Å². The Morgan fingerprint density at radius 1 is 1.09 bits per heavy atom. The van der Waals surface area contributed by atoms with Crippen molar-refractivity contribution in [3.05, 3.63) is 58.2 Å². The molecule has 1 fully saturated rings. The molecular formula is C21H22BrN5O4S. The lowest BCUT2D eigenvalue weighted by Gasteiger charge is -2.36. The van der Waals surface area contributed by atoms with Gasteiger partial charge < -0.3 is 20.1 Å². The van der Waals surface area contributed by atoms with Crippen molar-refractivity contribution in [1.82, 2.24) is 15.2 Å². The fraction of sp³-hybridized carbons (Fsp3) is 0.238. The molecule has 0 aliphatic carbocycles. The first-order chi connectivity index (χ1) is 15.2. The normalized spacial score (nSPS) is 14.6. The van der Waals surface area contributed by atoms with Gasteiger partial charge in [0.1, 0.15) is 0 Å². The molecule has 9 nitrogen and oxygen atoms in total. The molecule has 4 rings (SSSR count). The van der Waals surface area contributed by atoms with E-state index in [9.17, 15) is 18.0 Å². The molecule has 32 heavy (non-hydrogen) atoms. The first-order valence-electron chi connectivity index (χ1n) is 9.89. The minimum absolute atomic E-state index is 0.0606. The molecule has 0 unspecified atom stereocenters. The number of aromatic amines is 1. The average Bonchev–Trinajstić information content (AvgIpc) is 3.26. The number of sulfonamides is 1. The van der Waals surface area contributed by atoms with Crippen molar-refractivity contribution < 1.29 is 18.0 Å². The Hall–Kier alpha value is -2.89. The number of carbonyl (C=O) groups excluding carboxylic acids is 2. The summed E-state index contributed by atoms with van der Waals surface area (Å²) in [7, 11) is -2.27. The third-order valence-electron chi connectivity index (χ3n) is 5.56. The van der Waals surface area contributed by atoms with Crippen LogP contribution in [0.1, 0.15) is 20.7 Å². The third kappa shape index (κ3) is 4.10. The van der Waals surface area contributed by atoms with Crippen molar-refractivity contribution in [3.63, 3.8) is 0 Å². The van der Waals surface area contributed by atoms with Crippen molar-refractivity contribution in [1.29, 1.82) is 0 Å². The van der Waals surface area contributed by atoms with Gasteiger partial charge in [-0.15, -0.1) is 0 Å². The second-order valence-corrected chi connectivity index (χ2v) is 9.83. The Balaban J connectivity index is 1.50. The predicted octanol–water partition coefficient (Wildman–Crippen LogP) is 1.90. The maximum Gasteiger partial charge on any atom is 0.254 e. The number of fused-ring (bicyclic) bond motifs is 1. The van der Waals surface area contributed by atoms with E-state index in [0.717, 1.165) is 16.6 Å². The Labute approximate surface area is 193 Å². The number of benzene rings is 2. The van der Waals surface area contributed by atoms with Gasteiger partial charge in [0.2, 0.25) is 10.0 Å². The topological polar surface area (TPSA) is 129 Å². The number of nitrogens with two attached hydrogens (primary N) is 1. The van der Waals surface area contributed by atoms with Crippen LogP contribution in [0.5, 0.6) is 0 Å². The molecule has 4 N–H and O–H groups in total. The number of nitrogens with one attached hydrogen (secondary N) is 2. The zero-order chi connectivity index (χ0) is 23.0. The summed E-state index contributed by atoms with van der Waals surface area (Å²) >= 11 is 3.19. The Morgan fingerprint density at radius 3 is 2.44 bits per heavy atom. The van der Waals surface area contributed by atoms with Crippen LogP contribution in [0, 0.1) is 0 Å². The SMILES string of the molecule is CNC(=O)c1ccc(N2CCN(C(=O)c3ccc(S(N)(=O)=O)c(Br)c3)CC2)c2cc[nH]c12. The van der Waals surface area contributed by atoms with Gasteiger partial charge in [-0.3, -0.25) is 9.59 Å². The summed E-state index contributed by atoms with van der Waals surface area (Å²) in [5.74, 6) is -0.327. The molecule has 0 bridgehead atoms. The molecule has 11 heteroatoms. The number of anilines is 1. The summed E-state index contributed by atoms with van der Waals surface area (Å²) in [6.07, 6.45) is 1.81.